The molecule has 3 N–H and O–H groups in total. The van der Waals surface area contributed by atoms with Crippen molar-refractivity contribution in [3.63, 3.8) is 0 Å². The van der Waals surface area contributed by atoms with E-state index in [1.54, 1.807) is 6.07 Å². The number of phenolic OH excluding ortho intramolecular Hbond substituents is 1. The molecule has 19 heavy (non-hydrogen) atoms. The standard InChI is InChI=1S/C12H12ClN3O3/c13-9-5-7(1-4-10(9)17)6-14-16-12(19)11(18)15-8-2-3-8/h1,4-6,8,17H,2-3H2,(H,15,18)(H,16,19)/b14-6-. The molecule has 0 atom stereocenters. The highest BCUT2D eigenvalue weighted by Gasteiger charge is 2.26. The van der Waals surface area contributed by atoms with Crippen LogP contribution < -0.4 is 10.7 Å². The van der Waals surface area contributed by atoms with Crippen molar-refractivity contribution in [2.45, 2.75) is 18.9 Å². The summed E-state index contributed by atoms with van der Waals surface area (Å²) in [7, 11) is 0. The zero-order valence-electron chi connectivity index (χ0n) is 9.89. The van der Waals surface area contributed by atoms with Crippen molar-refractivity contribution < 1.29 is 14.7 Å². The number of carbonyl (C=O) groups excluding carboxylic acids is 2. The summed E-state index contributed by atoms with van der Waals surface area (Å²) < 4.78 is 0. The monoisotopic (exact) mass is 281 g/mol. The average Bonchev–Trinajstić information content (AvgIpc) is 3.17. The van der Waals surface area contributed by atoms with Gasteiger partial charge in [-0.25, -0.2) is 5.43 Å². The number of hydrazone groups is 1. The van der Waals surface area contributed by atoms with Gasteiger partial charge in [0, 0.05) is 6.04 Å². The summed E-state index contributed by atoms with van der Waals surface area (Å²) >= 11 is 5.71. The second-order valence-corrected chi connectivity index (χ2v) is 4.56. The Balaban J connectivity index is 1.86. The first-order valence-corrected chi connectivity index (χ1v) is 6.06. The van der Waals surface area contributed by atoms with Gasteiger partial charge < -0.3 is 10.4 Å². The second-order valence-electron chi connectivity index (χ2n) is 4.16. The van der Waals surface area contributed by atoms with Gasteiger partial charge in [0.05, 0.1) is 11.2 Å². The SMILES string of the molecule is O=C(N/N=C\c1ccc(O)c(Cl)c1)C(=O)NC1CC1. The summed E-state index contributed by atoms with van der Waals surface area (Å²) in [6.07, 6.45) is 3.15. The highest BCUT2D eigenvalue weighted by Crippen LogP contribution is 2.22. The lowest BCUT2D eigenvalue weighted by molar-refractivity contribution is -0.139. The van der Waals surface area contributed by atoms with Crippen LogP contribution in [-0.4, -0.2) is 29.2 Å². The Kier molecular flexibility index (Phi) is 4.01. The van der Waals surface area contributed by atoms with Gasteiger partial charge in [-0.1, -0.05) is 11.6 Å². The lowest BCUT2D eigenvalue weighted by Crippen LogP contribution is -2.38. The minimum Gasteiger partial charge on any atom is -0.506 e. The number of amides is 2. The van der Waals surface area contributed by atoms with Gasteiger partial charge in [-0.2, -0.15) is 5.10 Å². The van der Waals surface area contributed by atoms with Crippen LogP contribution in [0.1, 0.15) is 18.4 Å². The molecule has 0 heterocycles. The number of nitrogens with zero attached hydrogens (tertiary/aromatic N) is 1. The summed E-state index contributed by atoms with van der Waals surface area (Å²) in [5.74, 6) is -1.54. The maximum atomic E-state index is 11.3. The molecule has 1 aliphatic carbocycles. The van der Waals surface area contributed by atoms with E-state index in [9.17, 15) is 14.7 Å². The average molecular weight is 282 g/mol. The van der Waals surface area contributed by atoms with Gasteiger partial charge in [0.2, 0.25) is 0 Å². The van der Waals surface area contributed by atoms with E-state index in [0.29, 0.717) is 5.56 Å². The molecule has 0 bridgehead atoms. The van der Waals surface area contributed by atoms with E-state index >= 15 is 0 Å². The number of rotatable bonds is 3. The van der Waals surface area contributed by atoms with Crippen molar-refractivity contribution in [1.29, 1.82) is 0 Å². The summed E-state index contributed by atoms with van der Waals surface area (Å²) in [4.78, 5) is 22.6. The molecule has 1 aromatic carbocycles. The number of nitrogens with one attached hydrogen (secondary N) is 2. The fraction of sp³-hybridized carbons (Fsp3) is 0.250. The van der Waals surface area contributed by atoms with Crippen molar-refractivity contribution in [2.24, 2.45) is 5.10 Å². The van der Waals surface area contributed by atoms with Crippen molar-refractivity contribution in [1.82, 2.24) is 10.7 Å². The molecule has 2 amide bonds. The molecule has 0 aromatic heterocycles. The Morgan fingerprint density at radius 2 is 2.11 bits per heavy atom. The van der Waals surface area contributed by atoms with Crippen LogP contribution in [0.15, 0.2) is 23.3 Å². The molecular formula is C12H12ClN3O3. The van der Waals surface area contributed by atoms with E-state index in [2.05, 4.69) is 15.8 Å². The quantitative estimate of drug-likeness (QED) is 0.434. The number of benzene rings is 1. The predicted octanol–water partition coefficient (Wildman–Crippen LogP) is 0.774. The smallest absolute Gasteiger partial charge is 0.329 e. The number of halogens is 1. The number of phenols is 1. The van der Waals surface area contributed by atoms with Crippen molar-refractivity contribution in [3.8, 4) is 5.75 Å². The third-order valence-corrected chi connectivity index (χ3v) is 2.77. The molecule has 1 aromatic rings. The van der Waals surface area contributed by atoms with Crippen LogP contribution in [-0.2, 0) is 9.59 Å². The van der Waals surface area contributed by atoms with Crippen LogP contribution in [0.4, 0.5) is 0 Å². The van der Waals surface area contributed by atoms with Gasteiger partial charge in [0.1, 0.15) is 5.75 Å². The number of hydrogen-bond acceptors (Lipinski definition) is 4. The fourth-order valence-electron chi connectivity index (χ4n) is 1.30. The van der Waals surface area contributed by atoms with Gasteiger partial charge in [-0.3, -0.25) is 9.59 Å². The van der Waals surface area contributed by atoms with Gasteiger partial charge in [-0.15, -0.1) is 0 Å². The largest absolute Gasteiger partial charge is 0.506 e. The first-order valence-electron chi connectivity index (χ1n) is 5.68. The molecule has 6 nitrogen and oxygen atoms in total. The predicted molar refractivity (Wildman–Crippen MR) is 70.0 cm³/mol. The van der Waals surface area contributed by atoms with E-state index in [0.717, 1.165) is 12.8 Å². The van der Waals surface area contributed by atoms with Crippen LogP contribution in [0, 0.1) is 0 Å². The topological polar surface area (TPSA) is 90.8 Å². The van der Waals surface area contributed by atoms with Crippen LogP contribution >= 0.6 is 11.6 Å². The number of carbonyl (C=O) groups is 2. The molecule has 1 aliphatic rings. The Labute approximate surface area is 114 Å². The van der Waals surface area contributed by atoms with Gasteiger partial charge in [-0.05, 0) is 36.6 Å². The molecule has 0 unspecified atom stereocenters. The van der Waals surface area contributed by atoms with E-state index in [1.807, 2.05) is 0 Å². The maximum Gasteiger partial charge on any atom is 0.329 e. The fourth-order valence-corrected chi connectivity index (χ4v) is 1.49. The molecule has 100 valence electrons. The minimum atomic E-state index is -0.812. The number of aromatic hydroxyl groups is 1. The molecule has 1 saturated carbocycles. The molecule has 2 rings (SSSR count). The zero-order valence-corrected chi connectivity index (χ0v) is 10.6. The molecule has 0 aliphatic heterocycles. The third-order valence-electron chi connectivity index (χ3n) is 2.47. The second kappa shape index (κ2) is 5.71. The lowest BCUT2D eigenvalue weighted by Gasteiger charge is -2.01. The Morgan fingerprint density at radius 3 is 2.74 bits per heavy atom. The molecule has 0 saturated heterocycles. The minimum absolute atomic E-state index is 0.0355. The molecule has 0 spiro atoms. The third kappa shape index (κ3) is 3.96. The van der Waals surface area contributed by atoms with Gasteiger partial charge >= 0.3 is 11.8 Å². The molecular weight excluding hydrogens is 270 g/mol. The normalized spacial score (nSPS) is 14.4. The zero-order chi connectivity index (χ0) is 13.8. The van der Waals surface area contributed by atoms with Crippen molar-refractivity contribution in [3.05, 3.63) is 28.8 Å². The van der Waals surface area contributed by atoms with Crippen LogP contribution in [0.5, 0.6) is 5.75 Å². The van der Waals surface area contributed by atoms with Gasteiger partial charge in [0.15, 0.2) is 0 Å². The van der Waals surface area contributed by atoms with Crippen molar-refractivity contribution >= 4 is 29.6 Å². The Bertz CT molecular complexity index is 541. The Morgan fingerprint density at radius 1 is 1.37 bits per heavy atom. The summed E-state index contributed by atoms with van der Waals surface area (Å²) in [6, 6.07) is 4.58. The van der Waals surface area contributed by atoms with E-state index in [1.165, 1.54) is 18.3 Å². The maximum absolute atomic E-state index is 11.3. The van der Waals surface area contributed by atoms with Gasteiger partial charge in [0.25, 0.3) is 0 Å². The first-order chi connectivity index (χ1) is 9.06. The Hall–Kier alpha value is -2.08. The summed E-state index contributed by atoms with van der Waals surface area (Å²) in [5.41, 5.74) is 2.70. The van der Waals surface area contributed by atoms with Crippen molar-refractivity contribution in [2.75, 3.05) is 0 Å². The van der Waals surface area contributed by atoms with E-state index < -0.39 is 11.8 Å². The highest BCUT2D eigenvalue weighted by molar-refractivity contribution is 6.35. The molecule has 1 fully saturated rings. The molecule has 0 radical (unpaired) electrons. The highest BCUT2D eigenvalue weighted by atomic mass is 35.5. The van der Waals surface area contributed by atoms with Crippen LogP contribution in [0.2, 0.25) is 5.02 Å². The van der Waals surface area contributed by atoms with Crippen LogP contribution in [0.3, 0.4) is 0 Å². The number of hydrogen-bond donors (Lipinski definition) is 3. The summed E-state index contributed by atoms with van der Waals surface area (Å²) in [5, 5.41) is 15.6. The lowest BCUT2D eigenvalue weighted by atomic mass is 10.2. The van der Waals surface area contributed by atoms with E-state index in [4.69, 9.17) is 11.6 Å². The summed E-state index contributed by atoms with van der Waals surface area (Å²) in [6.45, 7) is 0. The molecule has 7 heteroatoms. The van der Waals surface area contributed by atoms with Crippen LogP contribution in [0.25, 0.3) is 0 Å². The van der Waals surface area contributed by atoms with E-state index in [-0.39, 0.29) is 16.8 Å². The first kappa shape index (κ1) is 13.4.